The standard InChI is InChI=1S/C6H12N2O/c1-4-5(2)8-6(3)9-7/h4H,7H2,1-3H3/b5-4-,8-6-. The first-order valence-electron chi connectivity index (χ1n) is 2.75. The van der Waals surface area contributed by atoms with E-state index in [-0.39, 0.29) is 0 Å². The summed E-state index contributed by atoms with van der Waals surface area (Å²) in [6, 6.07) is 0. The number of hydrogen-bond acceptors (Lipinski definition) is 3. The average molecular weight is 128 g/mol. The summed E-state index contributed by atoms with van der Waals surface area (Å²) < 4.78 is 0. The minimum Gasteiger partial charge on any atom is -0.396 e. The van der Waals surface area contributed by atoms with Gasteiger partial charge in [0.05, 0.1) is 0 Å². The van der Waals surface area contributed by atoms with Gasteiger partial charge in [0, 0.05) is 12.6 Å². The molecular weight excluding hydrogens is 116 g/mol. The molecule has 0 aromatic carbocycles. The van der Waals surface area contributed by atoms with Gasteiger partial charge in [0.1, 0.15) is 0 Å². The summed E-state index contributed by atoms with van der Waals surface area (Å²) in [4.78, 5) is 8.28. The van der Waals surface area contributed by atoms with E-state index in [1.54, 1.807) is 6.92 Å². The molecule has 0 bridgehead atoms. The highest BCUT2D eigenvalue weighted by Crippen LogP contribution is 1.93. The molecule has 0 aliphatic carbocycles. The van der Waals surface area contributed by atoms with Crippen LogP contribution in [0.5, 0.6) is 0 Å². The minimum atomic E-state index is 0.477. The molecule has 0 aromatic rings. The first-order valence-corrected chi connectivity index (χ1v) is 2.75. The van der Waals surface area contributed by atoms with Gasteiger partial charge in [-0.1, -0.05) is 6.08 Å². The van der Waals surface area contributed by atoms with Gasteiger partial charge in [0.2, 0.25) is 5.90 Å². The molecule has 0 amide bonds. The lowest BCUT2D eigenvalue weighted by Crippen LogP contribution is -2.05. The maximum atomic E-state index is 4.82. The van der Waals surface area contributed by atoms with Crippen LogP contribution in [0.1, 0.15) is 20.8 Å². The smallest absolute Gasteiger partial charge is 0.210 e. The third-order valence-corrected chi connectivity index (χ3v) is 0.922. The molecule has 0 spiro atoms. The third-order valence-electron chi connectivity index (χ3n) is 0.922. The van der Waals surface area contributed by atoms with E-state index >= 15 is 0 Å². The molecule has 3 heteroatoms. The van der Waals surface area contributed by atoms with Crippen LogP contribution in [-0.4, -0.2) is 5.90 Å². The number of rotatable bonds is 1. The van der Waals surface area contributed by atoms with Crippen molar-refractivity contribution in [3.05, 3.63) is 11.8 Å². The van der Waals surface area contributed by atoms with Gasteiger partial charge in [-0.05, 0) is 13.8 Å². The molecule has 0 heterocycles. The quantitative estimate of drug-likeness (QED) is 0.328. The van der Waals surface area contributed by atoms with Gasteiger partial charge < -0.3 is 4.84 Å². The topological polar surface area (TPSA) is 47.6 Å². The first-order chi connectivity index (χ1) is 4.20. The molecule has 9 heavy (non-hydrogen) atoms. The van der Waals surface area contributed by atoms with Crippen molar-refractivity contribution in [3.63, 3.8) is 0 Å². The van der Waals surface area contributed by atoms with E-state index < -0.39 is 0 Å². The number of hydrogen-bond donors (Lipinski definition) is 1. The Morgan fingerprint density at radius 2 is 2.11 bits per heavy atom. The zero-order valence-electron chi connectivity index (χ0n) is 6.01. The summed E-state index contributed by atoms with van der Waals surface area (Å²) >= 11 is 0. The molecule has 0 saturated heterocycles. The largest absolute Gasteiger partial charge is 0.396 e. The van der Waals surface area contributed by atoms with Crippen molar-refractivity contribution in [2.24, 2.45) is 10.9 Å². The summed E-state index contributed by atoms with van der Waals surface area (Å²) in [5.41, 5.74) is 0.901. The zero-order chi connectivity index (χ0) is 7.28. The fourth-order valence-electron chi connectivity index (χ4n) is 0.339. The number of nitrogens with two attached hydrogens (primary N) is 1. The monoisotopic (exact) mass is 128 g/mol. The Balaban J connectivity index is 3.95. The Hall–Kier alpha value is -0.830. The van der Waals surface area contributed by atoms with Crippen LogP contribution in [0.4, 0.5) is 0 Å². The Morgan fingerprint density at radius 3 is 2.44 bits per heavy atom. The van der Waals surface area contributed by atoms with E-state index in [9.17, 15) is 0 Å². The number of allylic oxidation sites excluding steroid dienone is 2. The molecule has 0 aliphatic rings. The zero-order valence-corrected chi connectivity index (χ0v) is 6.01. The van der Waals surface area contributed by atoms with Crippen molar-refractivity contribution < 1.29 is 4.84 Å². The van der Waals surface area contributed by atoms with Crippen molar-refractivity contribution >= 4 is 5.90 Å². The van der Waals surface area contributed by atoms with Crippen LogP contribution in [0.3, 0.4) is 0 Å². The Labute approximate surface area is 55.2 Å². The molecule has 52 valence electrons. The van der Waals surface area contributed by atoms with E-state index in [2.05, 4.69) is 9.83 Å². The predicted octanol–water partition coefficient (Wildman–Crippen LogP) is 1.22. The molecule has 0 fully saturated rings. The van der Waals surface area contributed by atoms with Gasteiger partial charge in [0.15, 0.2) is 0 Å². The summed E-state index contributed by atoms with van der Waals surface area (Å²) in [7, 11) is 0. The molecular formula is C6H12N2O. The lowest BCUT2D eigenvalue weighted by atomic mass is 10.5. The summed E-state index contributed by atoms with van der Waals surface area (Å²) in [5.74, 6) is 5.29. The molecule has 0 saturated carbocycles. The summed E-state index contributed by atoms with van der Waals surface area (Å²) in [6.45, 7) is 5.48. The van der Waals surface area contributed by atoms with Crippen LogP contribution in [0.15, 0.2) is 16.8 Å². The maximum Gasteiger partial charge on any atom is 0.210 e. The van der Waals surface area contributed by atoms with Gasteiger partial charge in [-0.3, -0.25) is 0 Å². The fourth-order valence-corrected chi connectivity index (χ4v) is 0.339. The normalized spacial score (nSPS) is 13.8. The number of aliphatic imine (C=N–C) groups is 1. The molecule has 3 nitrogen and oxygen atoms in total. The molecule has 0 rings (SSSR count). The van der Waals surface area contributed by atoms with Crippen molar-refractivity contribution in [3.8, 4) is 0 Å². The summed E-state index contributed by atoms with van der Waals surface area (Å²) in [6.07, 6.45) is 1.88. The Morgan fingerprint density at radius 1 is 1.56 bits per heavy atom. The van der Waals surface area contributed by atoms with E-state index in [0.717, 1.165) is 5.70 Å². The van der Waals surface area contributed by atoms with Crippen LogP contribution >= 0.6 is 0 Å². The highest BCUT2D eigenvalue weighted by atomic mass is 16.6. The SMILES string of the molecule is C/C=C(C)\N=C(\C)ON. The van der Waals surface area contributed by atoms with Crippen LogP contribution < -0.4 is 5.90 Å². The lowest BCUT2D eigenvalue weighted by molar-refractivity contribution is 0.317. The minimum absolute atomic E-state index is 0.477. The number of nitrogens with zero attached hydrogens (tertiary/aromatic N) is 1. The fraction of sp³-hybridized carbons (Fsp3) is 0.500. The molecule has 0 aliphatic heterocycles. The van der Waals surface area contributed by atoms with Gasteiger partial charge in [0.25, 0.3) is 0 Å². The van der Waals surface area contributed by atoms with E-state index in [1.807, 2.05) is 19.9 Å². The van der Waals surface area contributed by atoms with Gasteiger partial charge in [-0.25, -0.2) is 4.99 Å². The first kappa shape index (κ1) is 8.17. The predicted molar refractivity (Wildman–Crippen MR) is 37.8 cm³/mol. The van der Waals surface area contributed by atoms with Gasteiger partial charge in [-0.2, -0.15) is 5.90 Å². The van der Waals surface area contributed by atoms with Crippen LogP contribution in [0, 0.1) is 0 Å². The van der Waals surface area contributed by atoms with Crippen molar-refractivity contribution in [1.82, 2.24) is 0 Å². The van der Waals surface area contributed by atoms with Gasteiger partial charge in [-0.15, -0.1) is 0 Å². The molecule has 0 radical (unpaired) electrons. The second-order valence-electron chi connectivity index (χ2n) is 1.68. The van der Waals surface area contributed by atoms with E-state index in [4.69, 9.17) is 5.90 Å². The maximum absolute atomic E-state index is 4.82. The van der Waals surface area contributed by atoms with Crippen LogP contribution in [0.2, 0.25) is 0 Å². The van der Waals surface area contributed by atoms with E-state index in [0.29, 0.717) is 5.90 Å². The average Bonchev–Trinajstić information content (AvgIpc) is 1.87. The Bertz CT molecular complexity index is 138. The van der Waals surface area contributed by atoms with Gasteiger partial charge >= 0.3 is 0 Å². The molecule has 0 unspecified atom stereocenters. The summed E-state index contributed by atoms with van der Waals surface area (Å²) in [5, 5.41) is 0. The second kappa shape index (κ2) is 4.09. The van der Waals surface area contributed by atoms with Crippen molar-refractivity contribution in [2.75, 3.05) is 0 Å². The van der Waals surface area contributed by atoms with Crippen molar-refractivity contribution in [2.45, 2.75) is 20.8 Å². The van der Waals surface area contributed by atoms with Crippen LogP contribution in [-0.2, 0) is 4.84 Å². The second-order valence-corrected chi connectivity index (χ2v) is 1.68. The highest BCUT2D eigenvalue weighted by molar-refractivity contribution is 5.73. The molecule has 0 aromatic heterocycles. The lowest BCUT2D eigenvalue weighted by Gasteiger charge is -1.94. The van der Waals surface area contributed by atoms with Crippen molar-refractivity contribution in [1.29, 1.82) is 0 Å². The molecule has 0 atom stereocenters. The Kier molecular flexibility index (Phi) is 3.71. The van der Waals surface area contributed by atoms with Crippen LogP contribution in [0.25, 0.3) is 0 Å². The van der Waals surface area contributed by atoms with E-state index in [1.165, 1.54) is 0 Å². The molecule has 2 N–H and O–H groups in total. The highest BCUT2D eigenvalue weighted by Gasteiger charge is 1.85. The third kappa shape index (κ3) is 3.73.